The van der Waals surface area contributed by atoms with E-state index in [4.69, 9.17) is 14.2 Å². The fraction of sp³-hybridized carbons (Fsp3) is 0.269. The first-order valence-corrected chi connectivity index (χ1v) is 14.3. The Morgan fingerprint density at radius 3 is 2.55 bits per heavy atom. The van der Waals surface area contributed by atoms with Crippen LogP contribution < -0.4 is 24.4 Å². The van der Waals surface area contributed by atoms with Crippen LogP contribution in [0.2, 0.25) is 0 Å². The normalized spacial score (nSPS) is 14.9. The number of nitrogens with zero attached hydrogens (tertiary/aromatic N) is 3. The van der Waals surface area contributed by atoms with Crippen molar-refractivity contribution in [3.8, 4) is 17.2 Å². The molecule has 11 nitrogen and oxygen atoms in total. The molecule has 1 atom stereocenters. The van der Waals surface area contributed by atoms with Crippen LogP contribution in [0.5, 0.6) is 17.2 Å². The molecular formula is C26H23Br2N3O8S. The number of rotatable bonds is 8. The molecule has 0 radical (unpaired) electrons. The highest BCUT2D eigenvalue weighted by Gasteiger charge is 2.35. The van der Waals surface area contributed by atoms with Crippen LogP contribution in [0.4, 0.5) is 5.69 Å². The summed E-state index contributed by atoms with van der Waals surface area (Å²) in [7, 11) is 1.48. The van der Waals surface area contributed by atoms with Crippen LogP contribution in [-0.2, 0) is 9.53 Å². The van der Waals surface area contributed by atoms with Gasteiger partial charge < -0.3 is 19.3 Å². The van der Waals surface area contributed by atoms with Crippen molar-refractivity contribution in [2.24, 2.45) is 4.99 Å². The fourth-order valence-electron chi connectivity index (χ4n) is 4.24. The predicted octanol–water partition coefficient (Wildman–Crippen LogP) is 4.34. The third-order valence-corrected chi connectivity index (χ3v) is 8.24. The number of carbonyl (C=O) groups is 1. The third kappa shape index (κ3) is 5.43. The molecular weight excluding hydrogens is 674 g/mol. The second-order valence-corrected chi connectivity index (χ2v) is 11.1. The smallest absolute Gasteiger partial charge is 0.338 e. The molecule has 2 aromatic carbocycles. The predicted molar refractivity (Wildman–Crippen MR) is 155 cm³/mol. The van der Waals surface area contributed by atoms with Gasteiger partial charge in [0.05, 0.1) is 51.6 Å². The number of allylic oxidation sites excluding steroid dienone is 1. The molecule has 0 saturated heterocycles. The number of carbonyl (C=O) groups excluding carboxylic acids is 1. The van der Waals surface area contributed by atoms with Crippen LogP contribution in [0.3, 0.4) is 0 Å². The minimum absolute atomic E-state index is 0.0631. The molecule has 0 amide bonds. The Morgan fingerprint density at radius 2 is 1.93 bits per heavy atom. The number of esters is 1. The van der Waals surface area contributed by atoms with E-state index in [1.807, 2.05) is 6.92 Å². The molecule has 0 bridgehead atoms. The lowest BCUT2D eigenvalue weighted by atomic mass is 9.95. The topological polar surface area (TPSA) is 142 Å². The van der Waals surface area contributed by atoms with Gasteiger partial charge in [-0.05, 0) is 60.5 Å². The maximum atomic E-state index is 13.9. The molecule has 210 valence electrons. The van der Waals surface area contributed by atoms with Crippen LogP contribution in [-0.4, -0.2) is 40.9 Å². The molecule has 0 saturated carbocycles. The molecule has 1 aliphatic heterocycles. The van der Waals surface area contributed by atoms with Gasteiger partial charge in [0.15, 0.2) is 16.3 Å². The minimum atomic E-state index is -0.957. The molecule has 0 spiro atoms. The highest BCUT2D eigenvalue weighted by atomic mass is 79.9. The number of phenolic OH excluding ortho intramolecular Hbond substituents is 1. The molecule has 1 aromatic heterocycles. The van der Waals surface area contributed by atoms with E-state index < -0.39 is 22.5 Å². The van der Waals surface area contributed by atoms with Gasteiger partial charge in [-0.3, -0.25) is 19.5 Å². The zero-order valence-electron chi connectivity index (χ0n) is 21.7. The van der Waals surface area contributed by atoms with E-state index >= 15 is 0 Å². The Kier molecular flexibility index (Phi) is 8.80. The number of ether oxygens (including phenoxy) is 3. The quantitative estimate of drug-likeness (QED) is 0.208. The van der Waals surface area contributed by atoms with Gasteiger partial charge in [-0.25, -0.2) is 9.79 Å². The Morgan fingerprint density at radius 1 is 1.20 bits per heavy atom. The zero-order chi connectivity index (χ0) is 29.3. The number of nitro benzene ring substituents is 1. The number of fused-ring (bicyclic) bond motifs is 1. The summed E-state index contributed by atoms with van der Waals surface area (Å²) in [5.41, 5.74) is 0.308. The molecule has 1 N–H and O–H groups in total. The number of hydrogen-bond donors (Lipinski definition) is 1. The summed E-state index contributed by atoms with van der Waals surface area (Å²) in [6.07, 6.45) is 1.35. The van der Waals surface area contributed by atoms with Gasteiger partial charge in [0.25, 0.3) is 11.2 Å². The number of aromatic hydroxyl groups is 1. The molecule has 0 aliphatic carbocycles. The lowest BCUT2D eigenvalue weighted by molar-refractivity contribution is -0.385. The van der Waals surface area contributed by atoms with Crippen molar-refractivity contribution in [3.05, 3.63) is 85.4 Å². The van der Waals surface area contributed by atoms with Crippen molar-refractivity contribution in [2.45, 2.75) is 26.8 Å². The van der Waals surface area contributed by atoms with Crippen LogP contribution in [0, 0.1) is 10.1 Å². The molecule has 3 aromatic rings. The van der Waals surface area contributed by atoms with Crippen molar-refractivity contribution in [1.29, 1.82) is 0 Å². The summed E-state index contributed by atoms with van der Waals surface area (Å²) in [6, 6.07) is 4.75. The van der Waals surface area contributed by atoms with E-state index in [0.29, 0.717) is 33.8 Å². The average molecular weight is 697 g/mol. The van der Waals surface area contributed by atoms with E-state index in [0.717, 1.165) is 11.3 Å². The number of aromatic nitrogens is 1. The number of halogens is 2. The third-order valence-electron chi connectivity index (χ3n) is 5.97. The lowest BCUT2D eigenvalue weighted by Gasteiger charge is -2.26. The summed E-state index contributed by atoms with van der Waals surface area (Å²) in [5, 5.41) is 21.9. The highest BCUT2D eigenvalue weighted by molar-refractivity contribution is 9.10. The monoisotopic (exact) mass is 695 g/mol. The Bertz CT molecular complexity index is 1750. The first-order valence-electron chi connectivity index (χ1n) is 11.9. The maximum absolute atomic E-state index is 13.9. The number of methoxy groups -OCH3 is 1. The van der Waals surface area contributed by atoms with Gasteiger partial charge in [0.1, 0.15) is 5.75 Å². The van der Waals surface area contributed by atoms with Gasteiger partial charge in [0.2, 0.25) is 0 Å². The standard InChI is InChI=1S/C26H23Br2N3O8S/c1-5-38-19-11-16(27)15(10-18(19)37-4)22-21(25(34)39-6-2)12(3)29-26-30(22)24(33)20(40-26)8-13-7-14(31(35)36)9-17(28)23(13)32/h7-11,22,32H,5-6H2,1-4H3/b20-8+/t22-/m1/s1. The SMILES string of the molecule is CCOC(=O)C1=C(C)N=c2s/c(=C/c3cc([N+](=O)[O-])cc(Br)c3O)c(=O)n2[C@@H]1c1cc(OC)c(OCC)cc1Br. The Balaban J connectivity index is 2.03. The molecule has 0 fully saturated rings. The van der Waals surface area contributed by atoms with Crippen LogP contribution in [0.15, 0.2) is 54.3 Å². The Hall–Kier alpha value is -3.49. The van der Waals surface area contributed by atoms with Gasteiger partial charge in [-0.2, -0.15) is 0 Å². The number of non-ortho nitro benzene ring substituents is 1. The summed E-state index contributed by atoms with van der Waals surface area (Å²) in [6.45, 7) is 5.67. The van der Waals surface area contributed by atoms with Gasteiger partial charge in [-0.1, -0.05) is 27.3 Å². The number of phenols is 1. The van der Waals surface area contributed by atoms with Crippen LogP contribution in [0.1, 0.15) is 37.9 Å². The summed E-state index contributed by atoms with van der Waals surface area (Å²) in [4.78, 5) is 42.7. The molecule has 4 rings (SSSR count). The minimum Gasteiger partial charge on any atom is -0.506 e. The molecule has 40 heavy (non-hydrogen) atoms. The van der Waals surface area contributed by atoms with Gasteiger partial charge >= 0.3 is 5.97 Å². The zero-order valence-corrected chi connectivity index (χ0v) is 25.7. The molecule has 2 heterocycles. The first kappa shape index (κ1) is 29.5. The van der Waals surface area contributed by atoms with Crippen LogP contribution >= 0.6 is 43.2 Å². The van der Waals surface area contributed by atoms with Crippen molar-refractivity contribution in [2.75, 3.05) is 20.3 Å². The fourth-order valence-corrected chi connectivity index (χ4v) is 6.28. The van der Waals surface area contributed by atoms with E-state index in [2.05, 4.69) is 36.9 Å². The van der Waals surface area contributed by atoms with E-state index in [1.54, 1.807) is 26.0 Å². The van der Waals surface area contributed by atoms with E-state index in [-0.39, 0.29) is 43.0 Å². The number of benzene rings is 2. The van der Waals surface area contributed by atoms with E-state index in [9.17, 15) is 24.8 Å². The van der Waals surface area contributed by atoms with Crippen molar-refractivity contribution < 1.29 is 29.0 Å². The second-order valence-electron chi connectivity index (χ2n) is 8.38. The van der Waals surface area contributed by atoms with Crippen LogP contribution in [0.25, 0.3) is 6.08 Å². The number of nitro groups is 1. The van der Waals surface area contributed by atoms with Crippen molar-refractivity contribution >= 4 is 60.9 Å². The van der Waals surface area contributed by atoms with Crippen molar-refractivity contribution in [3.63, 3.8) is 0 Å². The summed E-state index contributed by atoms with van der Waals surface area (Å²) < 4.78 is 18.7. The lowest BCUT2D eigenvalue weighted by Crippen LogP contribution is -2.40. The molecule has 14 heteroatoms. The summed E-state index contributed by atoms with van der Waals surface area (Å²) in [5.74, 6) is -0.0389. The summed E-state index contributed by atoms with van der Waals surface area (Å²) >= 11 is 7.70. The van der Waals surface area contributed by atoms with E-state index in [1.165, 1.54) is 29.9 Å². The average Bonchev–Trinajstić information content (AvgIpc) is 3.20. The van der Waals surface area contributed by atoms with Crippen molar-refractivity contribution in [1.82, 2.24) is 4.57 Å². The largest absolute Gasteiger partial charge is 0.506 e. The first-order chi connectivity index (χ1) is 19.0. The Labute approximate surface area is 248 Å². The number of hydrogen-bond acceptors (Lipinski definition) is 10. The molecule has 0 unspecified atom stereocenters. The molecule has 1 aliphatic rings. The number of thiazole rings is 1. The van der Waals surface area contributed by atoms with Gasteiger partial charge in [-0.15, -0.1) is 0 Å². The van der Waals surface area contributed by atoms with Gasteiger partial charge in [0, 0.05) is 22.2 Å². The highest BCUT2D eigenvalue weighted by Crippen LogP contribution is 2.41. The maximum Gasteiger partial charge on any atom is 0.338 e. The second kappa shape index (κ2) is 11.9.